The average Bonchev–Trinajstić information content (AvgIpc) is 2.54. The summed E-state index contributed by atoms with van der Waals surface area (Å²) in [5.41, 5.74) is 1.49. The van der Waals surface area contributed by atoms with Crippen LogP contribution in [0.4, 0.5) is 0 Å². The summed E-state index contributed by atoms with van der Waals surface area (Å²) < 4.78 is 5.51. The van der Waals surface area contributed by atoms with Crippen molar-refractivity contribution in [1.82, 2.24) is 0 Å². The van der Waals surface area contributed by atoms with Crippen molar-refractivity contribution in [2.75, 3.05) is 6.61 Å². The second-order valence-corrected chi connectivity index (χ2v) is 4.41. The Labute approximate surface area is 123 Å². The quantitative estimate of drug-likeness (QED) is 0.598. The van der Waals surface area contributed by atoms with Gasteiger partial charge in [0.2, 0.25) is 0 Å². The third-order valence-corrected chi connectivity index (χ3v) is 3.03. The van der Waals surface area contributed by atoms with Crippen molar-refractivity contribution in [3.8, 4) is 5.75 Å². The van der Waals surface area contributed by atoms with Crippen LogP contribution >= 0.6 is 0 Å². The molecule has 21 heavy (non-hydrogen) atoms. The molecule has 106 valence electrons. The summed E-state index contributed by atoms with van der Waals surface area (Å²) in [6.45, 7) is 5.71. The van der Waals surface area contributed by atoms with E-state index in [0.29, 0.717) is 29.0 Å². The van der Waals surface area contributed by atoms with E-state index in [2.05, 4.69) is 6.58 Å². The van der Waals surface area contributed by atoms with E-state index >= 15 is 0 Å². The minimum Gasteiger partial charge on any atom is -0.493 e. The van der Waals surface area contributed by atoms with Gasteiger partial charge in [0.25, 0.3) is 0 Å². The fourth-order valence-electron chi connectivity index (χ4n) is 2.00. The molecule has 3 heteroatoms. The third-order valence-electron chi connectivity index (χ3n) is 3.03. The number of benzene rings is 2. The standard InChI is InChI=1S/C18H16O3/c1-3-16(19)14-10-11-15(17(12-14)21-4-2)18(20)13-8-6-5-7-9-13/h3,5-12H,1,4H2,2H3. The molecule has 0 aromatic heterocycles. The molecule has 0 amide bonds. The molecule has 2 aromatic carbocycles. The van der Waals surface area contributed by atoms with Crippen molar-refractivity contribution in [3.05, 3.63) is 77.9 Å². The lowest BCUT2D eigenvalue weighted by Gasteiger charge is -2.11. The predicted octanol–water partition coefficient (Wildman–Crippen LogP) is 3.69. The van der Waals surface area contributed by atoms with Gasteiger partial charge in [0.1, 0.15) is 5.75 Å². The van der Waals surface area contributed by atoms with Crippen LogP contribution in [0.3, 0.4) is 0 Å². The van der Waals surface area contributed by atoms with Gasteiger partial charge in [0, 0.05) is 11.1 Å². The fourth-order valence-corrected chi connectivity index (χ4v) is 2.00. The van der Waals surface area contributed by atoms with Crippen LogP contribution in [0.25, 0.3) is 0 Å². The second-order valence-electron chi connectivity index (χ2n) is 4.41. The van der Waals surface area contributed by atoms with Gasteiger partial charge in [-0.15, -0.1) is 0 Å². The molecule has 0 aliphatic rings. The number of carbonyl (C=O) groups is 2. The molecular formula is C18H16O3. The molecule has 0 spiro atoms. The Morgan fingerprint density at radius 2 is 1.81 bits per heavy atom. The van der Waals surface area contributed by atoms with Crippen molar-refractivity contribution >= 4 is 11.6 Å². The van der Waals surface area contributed by atoms with Crippen molar-refractivity contribution in [2.45, 2.75) is 6.92 Å². The molecule has 0 bridgehead atoms. The second kappa shape index (κ2) is 6.66. The number of rotatable bonds is 6. The normalized spacial score (nSPS) is 9.95. The van der Waals surface area contributed by atoms with Gasteiger partial charge in [0.15, 0.2) is 11.6 Å². The van der Waals surface area contributed by atoms with Crippen LogP contribution in [0.1, 0.15) is 33.2 Å². The van der Waals surface area contributed by atoms with Gasteiger partial charge < -0.3 is 4.74 Å². The predicted molar refractivity (Wildman–Crippen MR) is 82.0 cm³/mol. The highest BCUT2D eigenvalue weighted by atomic mass is 16.5. The Hall–Kier alpha value is -2.68. The van der Waals surface area contributed by atoms with Crippen LogP contribution in [0.5, 0.6) is 5.75 Å². The summed E-state index contributed by atoms with van der Waals surface area (Å²) in [4.78, 5) is 24.2. The van der Waals surface area contributed by atoms with Crippen LogP contribution in [-0.4, -0.2) is 18.2 Å². The first-order valence-electron chi connectivity index (χ1n) is 6.70. The Bertz CT molecular complexity index is 672. The number of hydrogen-bond acceptors (Lipinski definition) is 3. The van der Waals surface area contributed by atoms with Gasteiger partial charge in [-0.3, -0.25) is 9.59 Å². The van der Waals surface area contributed by atoms with Crippen LogP contribution in [0.15, 0.2) is 61.2 Å². The maximum Gasteiger partial charge on any atom is 0.196 e. The molecule has 0 N–H and O–H groups in total. The van der Waals surface area contributed by atoms with Crippen LogP contribution in [0, 0.1) is 0 Å². The van der Waals surface area contributed by atoms with Crippen molar-refractivity contribution in [3.63, 3.8) is 0 Å². The van der Waals surface area contributed by atoms with E-state index in [1.54, 1.807) is 30.3 Å². The Morgan fingerprint density at radius 3 is 2.43 bits per heavy atom. The van der Waals surface area contributed by atoms with Crippen LogP contribution < -0.4 is 4.74 Å². The summed E-state index contributed by atoms with van der Waals surface area (Å²) in [6.07, 6.45) is 1.24. The van der Waals surface area contributed by atoms with E-state index < -0.39 is 0 Å². The topological polar surface area (TPSA) is 43.4 Å². The summed E-state index contributed by atoms with van der Waals surface area (Å²) in [5.74, 6) is 0.0883. The maximum atomic E-state index is 12.5. The van der Waals surface area contributed by atoms with Gasteiger partial charge in [-0.25, -0.2) is 0 Å². The monoisotopic (exact) mass is 280 g/mol. The molecule has 0 saturated carbocycles. The van der Waals surface area contributed by atoms with Gasteiger partial charge in [-0.2, -0.15) is 0 Å². The van der Waals surface area contributed by atoms with E-state index in [0.717, 1.165) is 0 Å². The van der Waals surface area contributed by atoms with Gasteiger partial charge >= 0.3 is 0 Å². The minimum atomic E-state index is -0.199. The highest BCUT2D eigenvalue weighted by Gasteiger charge is 2.16. The van der Waals surface area contributed by atoms with Crippen LogP contribution in [-0.2, 0) is 0 Å². The Kier molecular flexibility index (Phi) is 4.67. The summed E-state index contributed by atoms with van der Waals surface area (Å²) >= 11 is 0. The number of ketones is 2. The first-order chi connectivity index (χ1) is 10.2. The smallest absolute Gasteiger partial charge is 0.196 e. The molecule has 3 nitrogen and oxygen atoms in total. The van der Waals surface area contributed by atoms with E-state index in [1.165, 1.54) is 6.08 Å². The SMILES string of the molecule is C=CC(=O)c1ccc(C(=O)c2ccccc2)c(OCC)c1. The zero-order chi connectivity index (χ0) is 15.2. The fraction of sp³-hybridized carbons (Fsp3) is 0.111. The number of ether oxygens (including phenoxy) is 1. The molecule has 2 rings (SSSR count). The van der Waals surface area contributed by atoms with Crippen molar-refractivity contribution < 1.29 is 14.3 Å². The molecule has 0 aliphatic heterocycles. The molecule has 0 radical (unpaired) electrons. The zero-order valence-corrected chi connectivity index (χ0v) is 11.8. The van der Waals surface area contributed by atoms with Gasteiger partial charge in [-0.05, 0) is 25.1 Å². The molecule has 0 atom stereocenters. The summed E-state index contributed by atoms with van der Waals surface area (Å²) in [5, 5.41) is 0. The van der Waals surface area contributed by atoms with Crippen LogP contribution in [0.2, 0.25) is 0 Å². The van der Waals surface area contributed by atoms with Crippen molar-refractivity contribution in [1.29, 1.82) is 0 Å². The minimum absolute atomic E-state index is 0.128. The highest BCUT2D eigenvalue weighted by Crippen LogP contribution is 2.24. The molecule has 2 aromatic rings. The summed E-state index contributed by atoms with van der Waals surface area (Å²) in [6, 6.07) is 13.8. The Morgan fingerprint density at radius 1 is 1.10 bits per heavy atom. The number of hydrogen-bond donors (Lipinski definition) is 0. The first-order valence-corrected chi connectivity index (χ1v) is 6.70. The molecule has 0 aliphatic carbocycles. The number of allylic oxidation sites excluding steroid dienone is 1. The first kappa shape index (κ1) is 14.7. The van der Waals surface area contributed by atoms with E-state index in [-0.39, 0.29) is 11.6 Å². The Balaban J connectivity index is 2.45. The highest BCUT2D eigenvalue weighted by molar-refractivity contribution is 6.12. The molecular weight excluding hydrogens is 264 g/mol. The van der Waals surface area contributed by atoms with E-state index in [4.69, 9.17) is 4.74 Å². The molecule has 0 saturated heterocycles. The number of carbonyl (C=O) groups excluding carboxylic acids is 2. The molecule has 0 unspecified atom stereocenters. The van der Waals surface area contributed by atoms with E-state index in [1.807, 2.05) is 25.1 Å². The summed E-state index contributed by atoms with van der Waals surface area (Å²) in [7, 11) is 0. The van der Waals surface area contributed by atoms with Gasteiger partial charge in [-0.1, -0.05) is 43.0 Å². The lowest BCUT2D eigenvalue weighted by molar-refractivity contribution is 0.102. The van der Waals surface area contributed by atoms with E-state index in [9.17, 15) is 9.59 Å². The zero-order valence-electron chi connectivity index (χ0n) is 11.8. The van der Waals surface area contributed by atoms with Crippen molar-refractivity contribution in [2.24, 2.45) is 0 Å². The van der Waals surface area contributed by atoms with Gasteiger partial charge in [0.05, 0.1) is 12.2 Å². The molecule has 0 fully saturated rings. The lowest BCUT2D eigenvalue weighted by atomic mass is 9.99. The lowest BCUT2D eigenvalue weighted by Crippen LogP contribution is -2.07. The largest absolute Gasteiger partial charge is 0.493 e. The third kappa shape index (κ3) is 3.26. The average molecular weight is 280 g/mol. The maximum absolute atomic E-state index is 12.5. The molecule has 0 heterocycles.